The minimum absolute atomic E-state index is 0.0174. The van der Waals surface area contributed by atoms with Crippen LogP contribution in [0, 0.1) is 0 Å². The fourth-order valence-electron chi connectivity index (χ4n) is 3.18. The van der Waals surface area contributed by atoms with E-state index in [1.54, 1.807) is 18.2 Å². The minimum atomic E-state index is -3.75. The van der Waals surface area contributed by atoms with Crippen LogP contribution in [0.2, 0.25) is 0 Å². The molecule has 0 aliphatic carbocycles. The molecular weight excluding hydrogens is 396 g/mol. The van der Waals surface area contributed by atoms with Gasteiger partial charge in [0.05, 0.1) is 27.0 Å². The summed E-state index contributed by atoms with van der Waals surface area (Å²) < 4.78 is 43.1. The summed E-state index contributed by atoms with van der Waals surface area (Å²) >= 11 is 0. The van der Waals surface area contributed by atoms with Gasteiger partial charge in [0, 0.05) is 24.7 Å². The van der Waals surface area contributed by atoms with Crippen LogP contribution in [0.1, 0.15) is 23.2 Å². The first kappa shape index (κ1) is 20.9. The lowest BCUT2D eigenvalue weighted by molar-refractivity contribution is 0.102. The third-order valence-corrected chi connectivity index (χ3v) is 6.69. The molecule has 1 aliphatic rings. The zero-order valence-corrected chi connectivity index (χ0v) is 17.4. The van der Waals surface area contributed by atoms with Crippen LogP contribution in [-0.2, 0) is 10.0 Å². The molecule has 0 radical (unpaired) electrons. The van der Waals surface area contributed by atoms with Gasteiger partial charge in [0.1, 0.15) is 22.1 Å². The first-order valence-corrected chi connectivity index (χ1v) is 10.6. The van der Waals surface area contributed by atoms with Crippen molar-refractivity contribution in [3.63, 3.8) is 0 Å². The van der Waals surface area contributed by atoms with E-state index < -0.39 is 15.9 Å². The average Bonchev–Trinajstić information content (AvgIpc) is 3.29. The molecule has 1 fully saturated rings. The van der Waals surface area contributed by atoms with Gasteiger partial charge in [-0.1, -0.05) is 0 Å². The van der Waals surface area contributed by atoms with Crippen molar-refractivity contribution in [1.29, 1.82) is 0 Å². The predicted molar refractivity (Wildman–Crippen MR) is 108 cm³/mol. The van der Waals surface area contributed by atoms with Gasteiger partial charge in [-0.05, 0) is 43.2 Å². The van der Waals surface area contributed by atoms with E-state index in [1.165, 1.54) is 43.8 Å². The molecule has 0 saturated carbocycles. The standard InChI is InChI=1S/C20H24N2O6S/c1-26-15-7-8-16(18(13-15)28-3)21-20(23)14-6-9-17(27-2)19(12-14)29(24,25)22-10-4-5-11-22/h6-9,12-13H,4-5,10-11H2,1-3H3,(H,21,23). The normalized spacial score (nSPS) is 14.4. The quantitative estimate of drug-likeness (QED) is 0.740. The van der Waals surface area contributed by atoms with Crippen LogP contribution in [0.25, 0.3) is 0 Å². The molecule has 8 nitrogen and oxygen atoms in total. The zero-order valence-electron chi connectivity index (χ0n) is 16.6. The maximum atomic E-state index is 13.0. The number of nitrogens with zero attached hydrogens (tertiary/aromatic N) is 1. The van der Waals surface area contributed by atoms with Crippen LogP contribution in [-0.4, -0.2) is 53.0 Å². The molecule has 29 heavy (non-hydrogen) atoms. The van der Waals surface area contributed by atoms with Gasteiger partial charge >= 0.3 is 0 Å². The largest absolute Gasteiger partial charge is 0.497 e. The van der Waals surface area contributed by atoms with Crippen molar-refractivity contribution >= 4 is 21.6 Å². The fraction of sp³-hybridized carbons (Fsp3) is 0.350. The molecule has 1 saturated heterocycles. The Bertz CT molecular complexity index is 1000. The molecule has 3 rings (SSSR count). The summed E-state index contributed by atoms with van der Waals surface area (Å²) in [7, 11) is 0.677. The van der Waals surface area contributed by atoms with E-state index in [1.807, 2.05) is 0 Å². The molecule has 156 valence electrons. The average molecular weight is 420 g/mol. The Balaban J connectivity index is 1.92. The molecule has 2 aromatic carbocycles. The van der Waals surface area contributed by atoms with Crippen LogP contribution in [0.15, 0.2) is 41.3 Å². The predicted octanol–water partition coefficient (Wildman–Crippen LogP) is 2.75. The number of carbonyl (C=O) groups excluding carboxylic acids is 1. The van der Waals surface area contributed by atoms with Gasteiger partial charge in [-0.3, -0.25) is 4.79 Å². The minimum Gasteiger partial charge on any atom is -0.497 e. The molecule has 9 heteroatoms. The lowest BCUT2D eigenvalue weighted by Gasteiger charge is -2.18. The second-order valence-electron chi connectivity index (χ2n) is 6.50. The summed E-state index contributed by atoms with van der Waals surface area (Å²) in [6.45, 7) is 0.927. The van der Waals surface area contributed by atoms with Crippen molar-refractivity contribution in [2.45, 2.75) is 17.7 Å². The first-order valence-electron chi connectivity index (χ1n) is 9.12. The number of anilines is 1. The smallest absolute Gasteiger partial charge is 0.255 e. The van der Waals surface area contributed by atoms with Crippen molar-refractivity contribution in [2.75, 3.05) is 39.7 Å². The molecule has 2 aromatic rings. The Morgan fingerprint density at radius 3 is 2.24 bits per heavy atom. The van der Waals surface area contributed by atoms with Crippen LogP contribution in [0.5, 0.6) is 17.2 Å². The van der Waals surface area contributed by atoms with E-state index in [-0.39, 0.29) is 16.2 Å². The van der Waals surface area contributed by atoms with Crippen LogP contribution in [0.3, 0.4) is 0 Å². The number of benzene rings is 2. The van der Waals surface area contributed by atoms with E-state index in [0.717, 1.165) is 12.8 Å². The van der Waals surface area contributed by atoms with Crippen LogP contribution in [0.4, 0.5) is 5.69 Å². The van der Waals surface area contributed by atoms with Crippen LogP contribution < -0.4 is 19.5 Å². The number of rotatable bonds is 7. The number of hydrogen-bond acceptors (Lipinski definition) is 6. The molecule has 0 aromatic heterocycles. The molecular formula is C20H24N2O6S. The zero-order chi connectivity index (χ0) is 21.0. The van der Waals surface area contributed by atoms with Crippen molar-refractivity contribution in [3.05, 3.63) is 42.0 Å². The van der Waals surface area contributed by atoms with E-state index in [9.17, 15) is 13.2 Å². The highest BCUT2D eigenvalue weighted by molar-refractivity contribution is 7.89. The van der Waals surface area contributed by atoms with Gasteiger partial charge in [-0.2, -0.15) is 4.31 Å². The molecule has 1 heterocycles. The lowest BCUT2D eigenvalue weighted by atomic mass is 10.2. The van der Waals surface area contributed by atoms with Gasteiger partial charge in [-0.15, -0.1) is 0 Å². The van der Waals surface area contributed by atoms with Gasteiger partial charge in [0.2, 0.25) is 10.0 Å². The highest BCUT2D eigenvalue weighted by Gasteiger charge is 2.30. The summed E-state index contributed by atoms with van der Waals surface area (Å²) in [5.74, 6) is 0.754. The second kappa shape index (κ2) is 8.71. The Morgan fingerprint density at radius 2 is 1.62 bits per heavy atom. The molecule has 1 aliphatic heterocycles. The fourth-order valence-corrected chi connectivity index (χ4v) is 4.88. The topological polar surface area (TPSA) is 94.2 Å². The molecule has 0 spiro atoms. The Kier molecular flexibility index (Phi) is 6.29. The van der Waals surface area contributed by atoms with Gasteiger partial charge in [0.25, 0.3) is 5.91 Å². The van der Waals surface area contributed by atoms with E-state index >= 15 is 0 Å². The summed E-state index contributed by atoms with van der Waals surface area (Å²) in [6, 6.07) is 9.34. The number of nitrogens with one attached hydrogen (secondary N) is 1. The third kappa shape index (κ3) is 4.30. The molecule has 0 atom stereocenters. The Labute approximate surface area is 170 Å². The highest BCUT2D eigenvalue weighted by atomic mass is 32.2. The maximum absolute atomic E-state index is 13.0. The van der Waals surface area contributed by atoms with Crippen molar-refractivity contribution < 1.29 is 27.4 Å². The Hall–Kier alpha value is -2.78. The van der Waals surface area contributed by atoms with Gasteiger partial charge in [0.15, 0.2) is 0 Å². The number of amides is 1. The number of sulfonamides is 1. The second-order valence-corrected chi connectivity index (χ2v) is 8.40. The van der Waals surface area contributed by atoms with E-state index in [2.05, 4.69) is 5.32 Å². The number of ether oxygens (including phenoxy) is 3. The number of methoxy groups -OCH3 is 3. The van der Waals surface area contributed by atoms with E-state index in [0.29, 0.717) is 30.3 Å². The molecule has 1 N–H and O–H groups in total. The van der Waals surface area contributed by atoms with Gasteiger partial charge in [-0.25, -0.2) is 8.42 Å². The molecule has 0 bridgehead atoms. The Morgan fingerprint density at radius 1 is 0.931 bits per heavy atom. The highest BCUT2D eigenvalue weighted by Crippen LogP contribution is 2.32. The van der Waals surface area contributed by atoms with E-state index in [4.69, 9.17) is 14.2 Å². The summed E-state index contributed by atoms with van der Waals surface area (Å²) in [5.41, 5.74) is 0.638. The number of carbonyl (C=O) groups is 1. The van der Waals surface area contributed by atoms with Gasteiger partial charge < -0.3 is 19.5 Å². The summed E-state index contributed by atoms with van der Waals surface area (Å²) in [6.07, 6.45) is 1.64. The molecule has 0 unspecified atom stereocenters. The lowest BCUT2D eigenvalue weighted by Crippen LogP contribution is -2.28. The first-order chi connectivity index (χ1) is 13.9. The molecule has 1 amide bonds. The summed E-state index contributed by atoms with van der Waals surface area (Å²) in [4.78, 5) is 12.8. The maximum Gasteiger partial charge on any atom is 0.255 e. The third-order valence-electron chi connectivity index (χ3n) is 4.77. The van der Waals surface area contributed by atoms with Crippen molar-refractivity contribution in [3.8, 4) is 17.2 Å². The monoisotopic (exact) mass is 420 g/mol. The SMILES string of the molecule is COc1ccc(NC(=O)c2ccc(OC)c(S(=O)(=O)N3CCCC3)c2)c(OC)c1. The van der Waals surface area contributed by atoms with Crippen molar-refractivity contribution in [1.82, 2.24) is 4.31 Å². The van der Waals surface area contributed by atoms with Crippen molar-refractivity contribution in [2.24, 2.45) is 0 Å². The van der Waals surface area contributed by atoms with Crippen LogP contribution >= 0.6 is 0 Å². The number of hydrogen-bond donors (Lipinski definition) is 1. The summed E-state index contributed by atoms with van der Waals surface area (Å²) in [5, 5.41) is 2.75.